The highest BCUT2D eigenvalue weighted by Crippen LogP contribution is 2.23. The molecule has 3 nitrogen and oxygen atoms in total. The summed E-state index contributed by atoms with van der Waals surface area (Å²) in [5, 5.41) is 11.6. The smallest absolute Gasteiger partial charge is 0.261 e. The standard InChI is InChI=1S/C15H14ClNO2S2/c1-10-8-13(21-12(10)4-2-3-7-18)15(19)17-9-11-5-6-14(16)20-11/h5-6,8,18H,3,7,9H2,1H3,(H,17,19). The Labute approximate surface area is 136 Å². The van der Waals surface area contributed by atoms with E-state index >= 15 is 0 Å². The molecule has 0 aliphatic heterocycles. The second kappa shape index (κ2) is 7.62. The summed E-state index contributed by atoms with van der Waals surface area (Å²) < 4.78 is 0.715. The zero-order valence-electron chi connectivity index (χ0n) is 11.4. The van der Waals surface area contributed by atoms with Gasteiger partial charge in [0.2, 0.25) is 0 Å². The van der Waals surface area contributed by atoms with Crippen molar-refractivity contribution < 1.29 is 9.90 Å². The van der Waals surface area contributed by atoms with Crippen molar-refractivity contribution in [2.75, 3.05) is 6.61 Å². The number of amides is 1. The molecule has 2 rings (SSSR count). The van der Waals surface area contributed by atoms with E-state index in [9.17, 15) is 4.79 Å². The van der Waals surface area contributed by atoms with Gasteiger partial charge >= 0.3 is 0 Å². The zero-order chi connectivity index (χ0) is 15.2. The fraction of sp³-hybridized carbons (Fsp3) is 0.267. The second-order valence-corrected chi connectivity index (χ2v) is 7.14. The van der Waals surface area contributed by atoms with E-state index in [0.29, 0.717) is 22.2 Å². The molecule has 21 heavy (non-hydrogen) atoms. The van der Waals surface area contributed by atoms with Crippen LogP contribution >= 0.6 is 34.3 Å². The summed E-state index contributed by atoms with van der Waals surface area (Å²) in [7, 11) is 0. The van der Waals surface area contributed by atoms with Crippen LogP contribution in [0.4, 0.5) is 0 Å². The molecule has 1 amide bonds. The van der Waals surface area contributed by atoms with Crippen LogP contribution in [0.3, 0.4) is 0 Å². The second-order valence-electron chi connectivity index (χ2n) is 4.29. The lowest BCUT2D eigenvalue weighted by Gasteiger charge is -2.00. The Hall–Kier alpha value is -1.32. The number of carbonyl (C=O) groups is 1. The molecule has 0 radical (unpaired) electrons. The summed E-state index contributed by atoms with van der Waals surface area (Å²) in [6.45, 7) is 2.45. The van der Waals surface area contributed by atoms with Gasteiger partial charge in [0, 0.05) is 11.3 Å². The van der Waals surface area contributed by atoms with Crippen molar-refractivity contribution in [1.29, 1.82) is 0 Å². The van der Waals surface area contributed by atoms with Gasteiger partial charge in [-0.05, 0) is 30.7 Å². The average Bonchev–Trinajstić information content (AvgIpc) is 3.03. The molecule has 2 heterocycles. The van der Waals surface area contributed by atoms with E-state index in [2.05, 4.69) is 17.2 Å². The van der Waals surface area contributed by atoms with Gasteiger partial charge in [-0.3, -0.25) is 4.79 Å². The lowest BCUT2D eigenvalue weighted by molar-refractivity contribution is 0.0955. The number of hydrogen-bond acceptors (Lipinski definition) is 4. The molecule has 6 heteroatoms. The van der Waals surface area contributed by atoms with Crippen LogP contribution in [0.5, 0.6) is 0 Å². The Morgan fingerprint density at radius 1 is 1.43 bits per heavy atom. The number of thiophene rings is 2. The number of nitrogens with one attached hydrogen (secondary N) is 1. The highest BCUT2D eigenvalue weighted by molar-refractivity contribution is 7.16. The largest absolute Gasteiger partial charge is 0.395 e. The summed E-state index contributed by atoms with van der Waals surface area (Å²) in [5.74, 6) is 5.74. The predicted octanol–water partition coefficient (Wildman–Crippen LogP) is 3.44. The van der Waals surface area contributed by atoms with Gasteiger partial charge in [-0.15, -0.1) is 22.7 Å². The van der Waals surface area contributed by atoms with E-state index in [0.717, 1.165) is 15.3 Å². The summed E-state index contributed by atoms with van der Waals surface area (Å²) >= 11 is 8.68. The average molecular weight is 340 g/mol. The molecule has 0 aliphatic carbocycles. The summed E-state index contributed by atoms with van der Waals surface area (Å²) in [4.78, 5) is 14.6. The Kier molecular flexibility index (Phi) is 5.83. The first kappa shape index (κ1) is 16.1. The molecule has 0 saturated heterocycles. The molecule has 2 aromatic heterocycles. The number of carbonyl (C=O) groups excluding carboxylic acids is 1. The van der Waals surface area contributed by atoms with Crippen molar-refractivity contribution >= 4 is 40.2 Å². The molecule has 2 aromatic rings. The van der Waals surface area contributed by atoms with Crippen LogP contribution in [0, 0.1) is 18.8 Å². The Balaban J connectivity index is 2.00. The maximum atomic E-state index is 12.1. The lowest BCUT2D eigenvalue weighted by Crippen LogP contribution is -2.21. The molecule has 0 spiro atoms. The highest BCUT2D eigenvalue weighted by Gasteiger charge is 2.11. The van der Waals surface area contributed by atoms with Crippen molar-refractivity contribution in [2.45, 2.75) is 19.9 Å². The third-order valence-electron chi connectivity index (χ3n) is 2.63. The number of aryl methyl sites for hydroxylation is 1. The fourth-order valence-electron chi connectivity index (χ4n) is 1.62. The summed E-state index contributed by atoms with van der Waals surface area (Å²) in [6.07, 6.45) is 0.442. The molecule has 0 aliphatic rings. The van der Waals surface area contributed by atoms with Crippen LogP contribution in [-0.4, -0.2) is 17.6 Å². The Morgan fingerprint density at radius 3 is 2.90 bits per heavy atom. The van der Waals surface area contributed by atoms with Gasteiger partial charge in [-0.1, -0.05) is 23.4 Å². The van der Waals surface area contributed by atoms with Crippen molar-refractivity contribution in [3.63, 3.8) is 0 Å². The maximum Gasteiger partial charge on any atom is 0.261 e. The van der Waals surface area contributed by atoms with Crippen molar-refractivity contribution in [3.05, 3.63) is 42.7 Å². The van der Waals surface area contributed by atoms with Crippen LogP contribution < -0.4 is 5.32 Å². The molecule has 0 atom stereocenters. The van der Waals surface area contributed by atoms with Gasteiger partial charge in [0.25, 0.3) is 5.91 Å². The fourth-order valence-corrected chi connectivity index (χ4v) is 3.61. The van der Waals surface area contributed by atoms with Gasteiger partial charge in [-0.2, -0.15) is 0 Å². The Morgan fingerprint density at radius 2 is 2.24 bits per heavy atom. The van der Waals surface area contributed by atoms with Gasteiger partial charge < -0.3 is 10.4 Å². The molecule has 110 valence electrons. The number of halogens is 1. The van der Waals surface area contributed by atoms with E-state index in [1.165, 1.54) is 22.7 Å². The van der Waals surface area contributed by atoms with Crippen LogP contribution in [-0.2, 0) is 6.54 Å². The summed E-state index contributed by atoms with van der Waals surface area (Å²) in [5.41, 5.74) is 0.981. The molecular formula is C15H14ClNO2S2. The number of rotatable bonds is 4. The SMILES string of the molecule is Cc1cc(C(=O)NCc2ccc(Cl)s2)sc1C#CCCO. The number of aliphatic hydroxyl groups excluding tert-OH is 1. The first-order chi connectivity index (χ1) is 10.1. The van der Waals surface area contributed by atoms with E-state index in [1.54, 1.807) is 0 Å². The van der Waals surface area contributed by atoms with Gasteiger partial charge in [0.05, 0.1) is 27.2 Å². The first-order valence-corrected chi connectivity index (χ1v) is 8.34. The van der Waals surface area contributed by atoms with Crippen LogP contribution in [0.15, 0.2) is 18.2 Å². The van der Waals surface area contributed by atoms with E-state index in [1.807, 2.05) is 25.1 Å². The molecule has 2 N–H and O–H groups in total. The minimum absolute atomic E-state index is 0.0497. The van der Waals surface area contributed by atoms with E-state index in [4.69, 9.17) is 16.7 Å². The normalized spacial score (nSPS) is 10.0. The summed E-state index contributed by atoms with van der Waals surface area (Å²) in [6, 6.07) is 5.56. The molecule has 0 unspecified atom stereocenters. The van der Waals surface area contributed by atoms with Gasteiger partial charge in [0.15, 0.2) is 0 Å². The predicted molar refractivity (Wildman–Crippen MR) is 88.1 cm³/mol. The van der Waals surface area contributed by atoms with Crippen molar-refractivity contribution in [3.8, 4) is 11.8 Å². The van der Waals surface area contributed by atoms with E-state index < -0.39 is 0 Å². The number of hydrogen-bond donors (Lipinski definition) is 2. The molecule has 0 saturated carbocycles. The minimum Gasteiger partial charge on any atom is -0.395 e. The van der Waals surface area contributed by atoms with Gasteiger partial charge in [0.1, 0.15) is 0 Å². The van der Waals surface area contributed by atoms with Crippen LogP contribution in [0.1, 0.15) is 31.4 Å². The third kappa shape index (κ3) is 4.58. The quantitative estimate of drug-likeness (QED) is 0.838. The highest BCUT2D eigenvalue weighted by atomic mass is 35.5. The molecular weight excluding hydrogens is 326 g/mol. The third-order valence-corrected chi connectivity index (χ3v) is 5.01. The molecule has 0 aromatic carbocycles. The van der Waals surface area contributed by atoms with Crippen LogP contribution in [0.2, 0.25) is 4.34 Å². The monoisotopic (exact) mass is 339 g/mol. The molecule has 0 fully saturated rings. The topological polar surface area (TPSA) is 49.3 Å². The van der Waals surface area contributed by atoms with Gasteiger partial charge in [-0.25, -0.2) is 0 Å². The minimum atomic E-state index is -0.108. The molecule has 0 bridgehead atoms. The lowest BCUT2D eigenvalue weighted by atomic mass is 10.2. The number of aliphatic hydroxyl groups is 1. The first-order valence-electron chi connectivity index (χ1n) is 6.32. The van der Waals surface area contributed by atoms with Crippen LogP contribution in [0.25, 0.3) is 0 Å². The van der Waals surface area contributed by atoms with E-state index in [-0.39, 0.29) is 12.5 Å². The van der Waals surface area contributed by atoms with Crippen molar-refractivity contribution in [2.24, 2.45) is 0 Å². The maximum absolute atomic E-state index is 12.1. The zero-order valence-corrected chi connectivity index (χ0v) is 13.8. The van der Waals surface area contributed by atoms with Crippen molar-refractivity contribution in [1.82, 2.24) is 5.32 Å². The Bertz CT molecular complexity index is 694.